The Morgan fingerprint density at radius 2 is 2.03 bits per heavy atom. The second-order valence-electron chi connectivity index (χ2n) is 8.82. The van der Waals surface area contributed by atoms with Crippen LogP contribution in [0.1, 0.15) is 23.7 Å². The molecule has 2 aliphatic rings. The molecular formula is C24H28ClFN8O2. The second kappa shape index (κ2) is 10.7. The molecule has 0 unspecified atom stereocenters. The summed E-state index contributed by atoms with van der Waals surface area (Å²) >= 11 is 5.83. The molecule has 12 heteroatoms. The minimum absolute atomic E-state index is 0.0157. The van der Waals surface area contributed by atoms with Crippen LogP contribution in [0.2, 0.25) is 5.02 Å². The number of carbonyl (C=O) groups excluding carboxylic acids is 1. The molecule has 36 heavy (non-hydrogen) atoms. The minimum Gasteiger partial charge on any atom is -0.432 e. The van der Waals surface area contributed by atoms with Crippen LogP contribution >= 0.6 is 11.6 Å². The SMILES string of the molecule is CCN1CCN(c2cc(Nc3ncco3)nc(N[C@H]3CCN(C(=O)c4ccc(Cl)cc4F)C3)n2)CC1. The van der Waals surface area contributed by atoms with Crippen LogP contribution in [-0.2, 0) is 0 Å². The predicted octanol–water partition coefficient (Wildman–Crippen LogP) is 3.47. The summed E-state index contributed by atoms with van der Waals surface area (Å²) in [4.78, 5) is 32.6. The normalized spacial score (nSPS) is 18.5. The van der Waals surface area contributed by atoms with Gasteiger partial charge in [0.2, 0.25) is 5.95 Å². The van der Waals surface area contributed by atoms with Crippen molar-refractivity contribution in [3.8, 4) is 0 Å². The second-order valence-corrected chi connectivity index (χ2v) is 9.26. The molecule has 2 N–H and O–H groups in total. The molecule has 2 aromatic heterocycles. The largest absolute Gasteiger partial charge is 0.432 e. The van der Waals surface area contributed by atoms with E-state index in [2.05, 4.69) is 37.3 Å². The van der Waals surface area contributed by atoms with E-state index in [1.165, 1.54) is 18.4 Å². The number of oxazole rings is 1. The standard InChI is InChI=1S/C24H28ClFN8O2/c1-2-32-8-10-33(11-9-32)21-14-20(30-24-27-6-12-36-24)29-23(31-21)28-17-5-7-34(15-17)22(35)18-4-3-16(25)13-19(18)26/h3-4,6,12-14,17H,2,5,7-11,15H2,1H3,(H2,27,28,29,30,31)/t17-/m0/s1. The number of likely N-dealkylation sites (tertiary alicyclic amines) is 1. The summed E-state index contributed by atoms with van der Waals surface area (Å²) < 4.78 is 19.6. The van der Waals surface area contributed by atoms with Crippen LogP contribution in [0.4, 0.5) is 28.0 Å². The fourth-order valence-electron chi connectivity index (χ4n) is 4.49. The molecule has 1 aromatic carbocycles. The van der Waals surface area contributed by atoms with Crippen molar-refractivity contribution in [1.82, 2.24) is 24.8 Å². The smallest absolute Gasteiger partial charge is 0.300 e. The zero-order valence-corrected chi connectivity index (χ0v) is 20.7. The number of rotatable bonds is 7. The summed E-state index contributed by atoms with van der Waals surface area (Å²) in [6.07, 6.45) is 3.73. The maximum atomic E-state index is 14.3. The highest BCUT2D eigenvalue weighted by molar-refractivity contribution is 6.30. The van der Waals surface area contributed by atoms with Crippen molar-refractivity contribution in [1.29, 1.82) is 0 Å². The summed E-state index contributed by atoms with van der Waals surface area (Å²) in [6.45, 7) is 7.75. The third kappa shape index (κ3) is 5.52. The van der Waals surface area contributed by atoms with Crippen molar-refractivity contribution in [2.24, 2.45) is 0 Å². The zero-order valence-electron chi connectivity index (χ0n) is 20.0. The maximum Gasteiger partial charge on any atom is 0.300 e. The molecule has 2 fully saturated rings. The topological polar surface area (TPSA) is 103 Å². The zero-order chi connectivity index (χ0) is 25.1. The first kappa shape index (κ1) is 24.3. The van der Waals surface area contributed by atoms with Crippen molar-refractivity contribution < 1.29 is 13.6 Å². The van der Waals surface area contributed by atoms with Gasteiger partial charge in [0, 0.05) is 56.4 Å². The Balaban J connectivity index is 1.31. The Hall–Kier alpha value is -3.44. The van der Waals surface area contributed by atoms with Crippen LogP contribution in [0.25, 0.3) is 0 Å². The quantitative estimate of drug-likeness (QED) is 0.490. The van der Waals surface area contributed by atoms with E-state index >= 15 is 0 Å². The van der Waals surface area contributed by atoms with Crippen LogP contribution in [0.3, 0.4) is 0 Å². The predicted molar refractivity (Wildman–Crippen MR) is 135 cm³/mol. The van der Waals surface area contributed by atoms with Gasteiger partial charge >= 0.3 is 0 Å². The van der Waals surface area contributed by atoms with Crippen molar-refractivity contribution in [3.05, 3.63) is 53.1 Å². The van der Waals surface area contributed by atoms with Crippen molar-refractivity contribution in [2.45, 2.75) is 19.4 Å². The number of benzene rings is 1. The molecule has 2 aliphatic heterocycles. The third-order valence-electron chi connectivity index (χ3n) is 6.49. The molecule has 4 heterocycles. The molecule has 190 valence electrons. The molecular weight excluding hydrogens is 487 g/mol. The minimum atomic E-state index is -0.620. The van der Waals surface area contributed by atoms with Gasteiger partial charge in [-0.05, 0) is 31.2 Å². The summed E-state index contributed by atoms with van der Waals surface area (Å²) in [6, 6.07) is 6.24. The van der Waals surface area contributed by atoms with E-state index in [9.17, 15) is 9.18 Å². The first-order valence-corrected chi connectivity index (χ1v) is 12.4. The first-order chi connectivity index (χ1) is 17.5. The molecule has 3 aromatic rings. The van der Waals surface area contributed by atoms with Crippen molar-refractivity contribution >= 4 is 41.1 Å². The molecule has 10 nitrogen and oxygen atoms in total. The van der Waals surface area contributed by atoms with E-state index in [0.717, 1.165) is 44.6 Å². The molecule has 5 rings (SSSR count). The highest BCUT2D eigenvalue weighted by Gasteiger charge is 2.29. The monoisotopic (exact) mass is 514 g/mol. The summed E-state index contributed by atoms with van der Waals surface area (Å²) in [7, 11) is 0. The average molecular weight is 515 g/mol. The number of halogens is 2. The fraction of sp³-hybridized carbons (Fsp3) is 0.417. The third-order valence-corrected chi connectivity index (χ3v) is 6.73. The number of nitrogens with one attached hydrogen (secondary N) is 2. The summed E-state index contributed by atoms with van der Waals surface area (Å²) in [5, 5.41) is 6.70. The lowest BCUT2D eigenvalue weighted by molar-refractivity contribution is 0.0787. The lowest BCUT2D eigenvalue weighted by atomic mass is 10.2. The van der Waals surface area contributed by atoms with Gasteiger partial charge in [0.05, 0.1) is 11.8 Å². The highest BCUT2D eigenvalue weighted by atomic mass is 35.5. The van der Waals surface area contributed by atoms with Crippen LogP contribution in [0.5, 0.6) is 0 Å². The summed E-state index contributed by atoms with van der Waals surface area (Å²) in [5.41, 5.74) is 0.0157. The van der Waals surface area contributed by atoms with E-state index < -0.39 is 5.82 Å². The van der Waals surface area contributed by atoms with Crippen LogP contribution in [-0.4, -0.2) is 82.5 Å². The molecule has 0 spiro atoms. The Labute approximate surface area is 213 Å². The van der Waals surface area contributed by atoms with Gasteiger partial charge in [-0.1, -0.05) is 18.5 Å². The van der Waals surface area contributed by atoms with Crippen LogP contribution in [0.15, 0.2) is 41.1 Å². The number of hydrogen-bond donors (Lipinski definition) is 2. The lowest BCUT2D eigenvalue weighted by Gasteiger charge is -2.35. The van der Waals surface area contributed by atoms with E-state index in [1.807, 2.05) is 6.07 Å². The number of hydrogen-bond acceptors (Lipinski definition) is 9. The number of aromatic nitrogens is 3. The molecule has 0 saturated carbocycles. The van der Waals surface area contributed by atoms with Gasteiger partial charge in [0.25, 0.3) is 11.9 Å². The molecule has 0 bridgehead atoms. The Bertz CT molecular complexity index is 1200. The van der Waals surface area contributed by atoms with Gasteiger partial charge in [0.1, 0.15) is 23.7 Å². The van der Waals surface area contributed by atoms with Gasteiger partial charge in [0.15, 0.2) is 0 Å². The van der Waals surface area contributed by atoms with Crippen molar-refractivity contribution in [3.63, 3.8) is 0 Å². The Kier molecular flexibility index (Phi) is 7.19. The number of amides is 1. The van der Waals surface area contributed by atoms with Gasteiger partial charge < -0.3 is 24.4 Å². The molecule has 1 atom stereocenters. The van der Waals surface area contributed by atoms with E-state index in [0.29, 0.717) is 37.3 Å². The number of likely N-dealkylation sites (N-methyl/N-ethyl adjacent to an activating group) is 1. The fourth-order valence-corrected chi connectivity index (χ4v) is 4.65. The Morgan fingerprint density at radius 1 is 1.19 bits per heavy atom. The maximum absolute atomic E-state index is 14.3. The Morgan fingerprint density at radius 3 is 2.75 bits per heavy atom. The lowest BCUT2D eigenvalue weighted by Crippen LogP contribution is -2.46. The molecule has 2 saturated heterocycles. The van der Waals surface area contributed by atoms with E-state index in [1.54, 1.807) is 11.1 Å². The van der Waals surface area contributed by atoms with Gasteiger partial charge in [-0.15, -0.1) is 0 Å². The number of nitrogens with zero attached hydrogens (tertiary/aromatic N) is 6. The van der Waals surface area contributed by atoms with Crippen LogP contribution in [0, 0.1) is 5.82 Å². The van der Waals surface area contributed by atoms with Gasteiger partial charge in [-0.25, -0.2) is 9.37 Å². The summed E-state index contributed by atoms with van der Waals surface area (Å²) in [5.74, 6) is 0.813. The van der Waals surface area contributed by atoms with Crippen molar-refractivity contribution in [2.75, 3.05) is 61.3 Å². The van der Waals surface area contributed by atoms with E-state index in [-0.39, 0.29) is 22.5 Å². The molecule has 1 amide bonds. The van der Waals surface area contributed by atoms with Crippen LogP contribution < -0.4 is 15.5 Å². The van der Waals surface area contributed by atoms with Gasteiger partial charge in [-0.2, -0.15) is 9.97 Å². The average Bonchev–Trinajstić information content (AvgIpc) is 3.56. The van der Waals surface area contributed by atoms with E-state index in [4.69, 9.17) is 21.0 Å². The number of anilines is 4. The highest BCUT2D eigenvalue weighted by Crippen LogP contribution is 2.25. The number of piperazine rings is 1. The first-order valence-electron chi connectivity index (χ1n) is 12.0. The number of carbonyl (C=O) groups is 1. The van der Waals surface area contributed by atoms with Gasteiger partial charge in [-0.3, -0.25) is 10.1 Å². The molecule has 0 aliphatic carbocycles. The molecule has 0 radical (unpaired) electrons.